The average Bonchev–Trinajstić information content (AvgIpc) is 3.31. The lowest BCUT2D eigenvalue weighted by Crippen LogP contribution is -2.46. The first-order valence-electron chi connectivity index (χ1n) is 9.06. The SMILES string of the molecule is CC1(C)[C@H]2CC[C@@]1(C)[C@@H](NC(=O)CCc1nc(-c3cccs3)no1)C2. The van der Waals surface area contributed by atoms with Crippen LogP contribution in [0.25, 0.3) is 10.7 Å². The van der Waals surface area contributed by atoms with Crippen LogP contribution in [0.1, 0.15) is 52.3 Å². The quantitative estimate of drug-likeness (QED) is 0.874. The fourth-order valence-corrected chi connectivity index (χ4v) is 5.42. The van der Waals surface area contributed by atoms with E-state index in [0.717, 1.165) is 17.2 Å². The molecular weight excluding hydrogens is 334 g/mol. The lowest BCUT2D eigenvalue weighted by molar-refractivity contribution is -0.122. The number of aryl methyl sites for hydroxylation is 1. The standard InChI is InChI=1S/C19H25N3O2S/c1-18(2)12-8-9-19(18,3)14(11-12)20-15(23)6-7-16-21-17(22-24-16)13-5-4-10-25-13/h4-5,10,12,14H,6-9,11H2,1-3H3,(H,20,23)/t12-,14-,19-/m0/s1. The minimum Gasteiger partial charge on any atom is -0.353 e. The van der Waals surface area contributed by atoms with E-state index in [4.69, 9.17) is 4.52 Å². The molecule has 5 nitrogen and oxygen atoms in total. The number of rotatable bonds is 5. The van der Waals surface area contributed by atoms with E-state index in [0.29, 0.717) is 30.0 Å². The number of hydrogen-bond acceptors (Lipinski definition) is 5. The van der Waals surface area contributed by atoms with Crippen LogP contribution in [-0.4, -0.2) is 22.1 Å². The maximum absolute atomic E-state index is 12.4. The first-order valence-corrected chi connectivity index (χ1v) is 9.94. The van der Waals surface area contributed by atoms with Gasteiger partial charge in [0.05, 0.1) is 4.88 Å². The van der Waals surface area contributed by atoms with Crippen LogP contribution in [0.4, 0.5) is 0 Å². The molecule has 0 unspecified atom stereocenters. The summed E-state index contributed by atoms with van der Waals surface area (Å²) in [7, 11) is 0. The summed E-state index contributed by atoms with van der Waals surface area (Å²) in [5.41, 5.74) is 0.525. The molecule has 1 N–H and O–H groups in total. The molecule has 2 aliphatic rings. The number of nitrogens with zero attached hydrogens (tertiary/aromatic N) is 2. The van der Waals surface area contributed by atoms with Crippen LogP contribution >= 0.6 is 11.3 Å². The van der Waals surface area contributed by atoms with Crippen molar-refractivity contribution in [2.24, 2.45) is 16.7 Å². The summed E-state index contributed by atoms with van der Waals surface area (Å²) < 4.78 is 5.28. The monoisotopic (exact) mass is 359 g/mol. The van der Waals surface area contributed by atoms with Crippen LogP contribution in [0.2, 0.25) is 0 Å². The van der Waals surface area contributed by atoms with Gasteiger partial charge in [0, 0.05) is 18.9 Å². The molecule has 6 heteroatoms. The Hall–Kier alpha value is -1.69. The summed E-state index contributed by atoms with van der Waals surface area (Å²) in [6.07, 6.45) is 4.50. The van der Waals surface area contributed by atoms with Gasteiger partial charge in [0.2, 0.25) is 17.6 Å². The van der Waals surface area contributed by atoms with Gasteiger partial charge in [-0.2, -0.15) is 4.98 Å². The molecule has 1 amide bonds. The Kier molecular flexibility index (Phi) is 3.98. The van der Waals surface area contributed by atoms with Crippen LogP contribution in [0.15, 0.2) is 22.0 Å². The van der Waals surface area contributed by atoms with Gasteiger partial charge in [0.1, 0.15) is 0 Å². The number of nitrogens with one attached hydrogen (secondary N) is 1. The predicted molar refractivity (Wildman–Crippen MR) is 97.1 cm³/mol. The van der Waals surface area contributed by atoms with Crippen molar-refractivity contribution >= 4 is 17.2 Å². The van der Waals surface area contributed by atoms with Crippen molar-refractivity contribution in [3.05, 3.63) is 23.4 Å². The number of carbonyl (C=O) groups is 1. The second kappa shape index (κ2) is 5.94. The summed E-state index contributed by atoms with van der Waals surface area (Å²) in [6, 6.07) is 4.21. The van der Waals surface area contributed by atoms with Crippen LogP contribution < -0.4 is 5.32 Å². The number of carbonyl (C=O) groups excluding carboxylic acids is 1. The fraction of sp³-hybridized carbons (Fsp3) is 0.632. The second-order valence-electron chi connectivity index (χ2n) is 8.22. The number of thiophene rings is 1. The van der Waals surface area contributed by atoms with E-state index in [2.05, 4.69) is 36.2 Å². The van der Waals surface area contributed by atoms with Gasteiger partial charge in [-0.1, -0.05) is 32.0 Å². The minimum atomic E-state index is 0.0884. The lowest BCUT2D eigenvalue weighted by atomic mass is 9.69. The Morgan fingerprint density at radius 3 is 2.92 bits per heavy atom. The van der Waals surface area contributed by atoms with Crippen molar-refractivity contribution in [3.63, 3.8) is 0 Å². The summed E-state index contributed by atoms with van der Waals surface area (Å²) in [4.78, 5) is 17.8. The molecule has 2 bridgehead atoms. The molecule has 4 rings (SSSR count). The highest BCUT2D eigenvalue weighted by molar-refractivity contribution is 7.13. The topological polar surface area (TPSA) is 68.0 Å². The lowest BCUT2D eigenvalue weighted by Gasteiger charge is -2.39. The highest BCUT2D eigenvalue weighted by atomic mass is 32.1. The Morgan fingerprint density at radius 2 is 2.28 bits per heavy atom. The Morgan fingerprint density at radius 1 is 1.44 bits per heavy atom. The van der Waals surface area contributed by atoms with Crippen LogP contribution in [0.5, 0.6) is 0 Å². The molecule has 25 heavy (non-hydrogen) atoms. The zero-order valence-electron chi connectivity index (χ0n) is 15.0. The Bertz CT molecular complexity index is 767. The zero-order valence-corrected chi connectivity index (χ0v) is 15.9. The predicted octanol–water partition coefficient (Wildman–Crippen LogP) is 4.06. The molecule has 134 valence electrons. The minimum absolute atomic E-state index is 0.0884. The molecule has 2 saturated carbocycles. The van der Waals surface area contributed by atoms with E-state index in [1.165, 1.54) is 12.8 Å². The Balaban J connectivity index is 1.33. The maximum Gasteiger partial charge on any atom is 0.227 e. The first-order chi connectivity index (χ1) is 11.9. The maximum atomic E-state index is 12.4. The van der Waals surface area contributed by atoms with Crippen molar-refractivity contribution in [1.82, 2.24) is 15.5 Å². The number of hydrogen-bond donors (Lipinski definition) is 1. The highest BCUT2D eigenvalue weighted by Gasteiger charge is 2.61. The van der Waals surface area contributed by atoms with Gasteiger partial charge in [-0.25, -0.2) is 0 Å². The third kappa shape index (κ3) is 2.71. The van der Waals surface area contributed by atoms with Gasteiger partial charge in [-0.15, -0.1) is 11.3 Å². The smallest absolute Gasteiger partial charge is 0.227 e. The van der Waals surface area contributed by atoms with Crippen LogP contribution in [-0.2, 0) is 11.2 Å². The summed E-state index contributed by atoms with van der Waals surface area (Å²) in [5, 5.41) is 9.26. The van der Waals surface area contributed by atoms with Crippen molar-refractivity contribution in [3.8, 4) is 10.7 Å². The summed E-state index contributed by atoms with van der Waals surface area (Å²) in [5.74, 6) is 1.95. The van der Waals surface area contributed by atoms with Gasteiger partial charge in [-0.05, 0) is 47.5 Å². The third-order valence-electron chi connectivity index (χ3n) is 6.90. The van der Waals surface area contributed by atoms with E-state index in [1.54, 1.807) is 11.3 Å². The number of fused-ring (bicyclic) bond motifs is 2. The van der Waals surface area contributed by atoms with Crippen molar-refractivity contribution < 1.29 is 9.32 Å². The molecule has 0 radical (unpaired) electrons. The van der Waals surface area contributed by atoms with E-state index in [-0.39, 0.29) is 17.4 Å². The van der Waals surface area contributed by atoms with Crippen molar-refractivity contribution in [1.29, 1.82) is 0 Å². The third-order valence-corrected chi connectivity index (χ3v) is 7.77. The van der Waals surface area contributed by atoms with Crippen molar-refractivity contribution in [2.45, 2.75) is 58.9 Å². The van der Waals surface area contributed by atoms with Gasteiger partial charge in [-0.3, -0.25) is 4.79 Å². The normalized spacial score (nSPS) is 29.9. The molecule has 2 aliphatic carbocycles. The first kappa shape index (κ1) is 16.8. The number of aromatic nitrogens is 2. The molecule has 2 fully saturated rings. The van der Waals surface area contributed by atoms with Gasteiger partial charge in [0.25, 0.3) is 0 Å². The average molecular weight is 359 g/mol. The largest absolute Gasteiger partial charge is 0.353 e. The van der Waals surface area contributed by atoms with E-state index in [9.17, 15) is 4.79 Å². The molecule has 2 aromatic rings. The summed E-state index contributed by atoms with van der Waals surface area (Å²) in [6.45, 7) is 7.07. The molecule has 0 aromatic carbocycles. The molecule has 2 heterocycles. The molecule has 0 saturated heterocycles. The van der Waals surface area contributed by atoms with Crippen LogP contribution in [0.3, 0.4) is 0 Å². The van der Waals surface area contributed by atoms with E-state index < -0.39 is 0 Å². The van der Waals surface area contributed by atoms with Gasteiger partial charge < -0.3 is 9.84 Å². The highest BCUT2D eigenvalue weighted by Crippen LogP contribution is 2.65. The van der Waals surface area contributed by atoms with Crippen molar-refractivity contribution in [2.75, 3.05) is 0 Å². The zero-order chi connectivity index (χ0) is 17.7. The molecule has 3 atom stereocenters. The molecular formula is C19H25N3O2S. The van der Waals surface area contributed by atoms with Gasteiger partial charge >= 0.3 is 0 Å². The second-order valence-corrected chi connectivity index (χ2v) is 9.17. The molecule has 0 spiro atoms. The molecule has 2 aromatic heterocycles. The number of amides is 1. The fourth-order valence-electron chi connectivity index (χ4n) is 4.77. The van der Waals surface area contributed by atoms with Crippen LogP contribution in [0, 0.1) is 16.7 Å². The van der Waals surface area contributed by atoms with Gasteiger partial charge in [0.15, 0.2) is 0 Å². The van der Waals surface area contributed by atoms with E-state index in [1.807, 2.05) is 17.5 Å². The Labute approximate surface area is 152 Å². The molecule has 0 aliphatic heterocycles. The summed E-state index contributed by atoms with van der Waals surface area (Å²) >= 11 is 1.58. The van der Waals surface area contributed by atoms with E-state index >= 15 is 0 Å².